The van der Waals surface area contributed by atoms with E-state index in [2.05, 4.69) is 17.2 Å². The van der Waals surface area contributed by atoms with Gasteiger partial charge in [-0.3, -0.25) is 4.57 Å². The smallest absolute Gasteiger partial charge is 0.326 e. The molecule has 5 heteroatoms. The van der Waals surface area contributed by atoms with Gasteiger partial charge in [0, 0.05) is 24.2 Å². The third kappa shape index (κ3) is 3.10. The molecule has 0 aliphatic heterocycles. The van der Waals surface area contributed by atoms with Gasteiger partial charge in [-0.1, -0.05) is 6.92 Å². The highest BCUT2D eigenvalue weighted by Crippen LogP contribution is 2.02. The minimum Gasteiger partial charge on any atom is -0.336 e. The monoisotopic (exact) mass is 199 g/mol. The Morgan fingerprint density at radius 3 is 3.08 bits per heavy atom. The second-order valence-corrected chi connectivity index (χ2v) is 3.98. The van der Waals surface area contributed by atoms with Crippen molar-refractivity contribution >= 4 is 17.8 Å². The van der Waals surface area contributed by atoms with Crippen molar-refractivity contribution < 1.29 is 4.79 Å². The van der Waals surface area contributed by atoms with Gasteiger partial charge in [-0.25, -0.2) is 9.78 Å². The van der Waals surface area contributed by atoms with Crippen LogP contribution < -0.4 is 5.32 Å². The minimum absolute atomic E-state index is 0.126. The lowest BCUT2D eigenvalue weighted by molar-refractivity contribution is 0.242. The van der Waals surface area contributed by atoms with Crippen LogP contribution in [0.3, 0.4) is 0 Å². The Bertz CT molecular complexity index is 260. The first kappa shape index (κ1) is 10.1. The van der Waals surface area contributed by atoms with Crippen molar-refractivity contribution in [2.75, 3.05) is 12.8 Å². The molecule has 0 aliphatic rings. The molecule has 72 valence electrons. The van der Waals surface area contributed by atoms with Gasteiger partial charge in [-0.05, 0) is 6.26 Å². The van der Waals surface area contributed by atoms with Gasteiger partial charge in [-0.2, -0.15) is 11.8 Å². The van der Waals surface area contributed by atoms with Gasteiger partial charge >= 0.3 is 6.03 Å². The highest BCUT2D eigenvalue weighted by Gasteiger charge is 2.04. The van der Waals surface area contributed by atoms with Gasteiger partial charge in [0.25, 0.3) is 0 Å². The highest BCUT2D eigenvalue weighted by molar-refractivity contribution is 7.99. The van der Waals surface area contributed by atoms with Crippen molar-refractivity contribution in [2.24, 2.45) is 0 Å². The number of amides is 1. The first-order valence-electron chi connectivity index (χ1n) is 4.03. The largest absolute Gasteiger partial charge is 0.336 e. The fraction of sp³-hybridized carbons (Fsp3) is 0.500. The molecule has 1 aromatic rings. The van der Waals surface area contributed by atoms with Crippen molar-refractivity contribution in [1.29, 1.82) is 0 Å². The zero-order valence-corrected chi connectivity index (χ0v) is 8.54. The zero-order valence-electron chi connectivity index (χ0n) is 7.73. The molecule has 1 atom stereocenters. The van der Waals surface area contributed by atoms with Crippen LogP contribution in [0.5, 0.6) is 0 Å². The third-order valence-corrected chi connectivity index (χ3v) is 2.65. The summed E-state index contributed by atoms with van der Waals surface area (Å²) in [6.45, 7) is 2.75. The van der Waals surface area contributed by atoms with Crippen LogP contribution in [0.25, 0.3) is 0 Å². The van der Waals surface area contributed by atoms with Gasteiger partial charge < -0.3 is 5.32 Å². The molecule has 1 rings (SSSR count). The summed E-state index contributed by atoms with van der Waals surface area (Å²) in [6, 6.07) is -0.126. The van der Waals surface area contributed by atoms with Gasteiger partial charge in [0.05, 0.1) is 0 Å². The Balaban J connectivity index is 2.35. The number of rotatable bonds is 3. The topological polar surface area (TPSA) is 46.9 Å². The summed E-state index contributed by atoms with van der Waals surface area (Å²) in [7, 11) is 0. The lowest BCUT2D eigenvalue weighted by Gasteiger charge is -2.09. The second kappa shape index (κ2) is 4.91. The summed E-state index contributed by atoms with van der Waals surface area (Å²) in [4.78, 5) is 15.1. The van der Waals surface area contributed by atoms with Crippen LogP contribution in [0.4, 0.5) is 4.79 Å². The van der Waals surface area contributed by atoms with E-state index < -0.39 is 0 Å². The van der Waals surface area contributed by atoms with Crippen molar-refractivity contribution in [3.8, 4) is 0 Å². The summed E-state index contributed by atoms with van der Waals surface area (Å²) < 4.78 is 1.42. The maximum absolute atomic E-state index is 11.3. The van der Waals surface area contributed by atoms with Gasteiger partial charge in [-0.15, -0.1) is 0 Å². The van der Waals surface area contributed by atoms with Gasteiger partial charge in [0.15, 0.2) is 0 Å². The molecule has 0 bridgehead atoms. The molecule has 4 nitrogen and oxygen atoms in total. The van der Waals surface area contributed by atoms with E-state index in [9.17, 15) is 4.79 Å². The van der Waals surface area contributed by atoms with Crippen LogP contribution in [0.1, 0.15) is 6.92 Å². The molecule has 1 heterocycles. The summed E-state index contributed by atoms with van der Waals surface area (Å²) in [6.07, 6.45) is 6.71. The fourth-order valence-electron chi connectivity index (χ4n) is 0.785. The molecular weight excluding hydrogens is 186 g/mol. The van der Waals surface area contributed by atoms with Crippen LogP contribution in [-0.2, 0) is 0 Å². The molecule has 0 spiro atoms. The third-order valence-electron chi connectivity index (χ3n) is 1.68. The average molecular weight is 199 g/mol. The number of carbonyl (C=O) groups excluding carboxylic acids is 1. The molecular formula is C8H13N3OS. The van der Waals surface area contributed by atoms with Crippen LogP contribution in [0, 0.1) is 0 Å². The normalized spacial score (nSPS) is 12.5. The Hall–Kier alpha value is -0.970. The number of nitrogens with one attached hydrogen (secondary N) is 1. The molecule has 0 fully saturated rings. The number of aromatic nitrogens is 2. The van der Waals surface area contributed by atoms with Crippen LogP contribution in [0.15, 0.2) is 18.7 Å². The van der Waals surface area contributed by atoms with E-state index in [4.69, 9.17) is 0 Å². The molecule has 0 aromatic carbocycles. The number of hydrogen-bond donors (Lipinski definition) is 1. The van der Waals surface area contributed by atoms with Crippen molar-refractivity contribution in [3.63, 3.8) is 0 Å². The lowest BCUT2D eigenvalue weighted by Crippen LogP contribution is -2.32. The van der Waals surface area contributed by atoms with Crippen molar-refractivity contribution in [3.05, 3.63) is 18.7 Å². The van der Waals surface area contributed by atoms with E-state index in [-0.39, 0.29) is 6.03 Å². The summed E-state index contributed by atoms with van der Waals surface area (Å²) >= 11 is 1.72. The number of nitrogens with zero attached hydrogens (tertiary/aromatic N) is 2. The highest BCUT2D eigenvalue weighted by atomic mass is 32.2. The number of hydrogen-bond acceptors (Lipinski definition) is 3. The van der Waals surface area contributed by atoms with E-state index in [0.717, 1.165) is 0 Å². The maximum Gasteiger partial charge on any atom is 0.326 e. The Labute approximate surface area is 81.7 Å². The minimum atomic E-state index is -0.126. The van der Waals surface area contributed by atoms with Crippen LogP contribution >= 0.6 is 11.8 Å². The van der Waals surface area contributed by atoms with Gasteiger partial charge in [0.2, 0.25) is 0 Å². The summed E-state index contributed by atoms with van der Waals surface area (Å²) in [5, 5.41) is 3.24. The molecule has 1 unspecified atom stereocenters. The quantitative estimate of drug-likeness (QED) is 0.795. The summed E-state index contributed by atoms with van der Waals surface area (Å²) in [5.74, 6) is 0. The first-order valence-corrected chi connectivity index (χ1v) is 5.31. The second-order valence-electron chi connectivity index (χ2n) is 2.70. The molecule has 0 saturated carbocycles. The molecule has 13 heavy (non-hydrogen) atoms. The number of imidazole rings is 1. The molecule has 0 saturated heterocycles. The standard InChI is InChI=1S/C8H13N3OS/c1-7(13-2)5-10-8(12)11-4-3-9-6-11/h3-4,6-7H,5H2,1-2H3,(H,10,12). The van der Waals surface area contributed by atoms with Crippen LogP contribution in [-0.4, -0.2) is 33.6 Å². The predicted molar refractivity (Wildman–Crippen MR) is 54.0 cm³/mol. The molecule has 1 aromatic heterocycles. The van der Waals surface area contributed by atoms with Crippen molar-refractivity contribution in [2.45, 2.75) is 12.2 Å². The molecule has 1 N–H and O–H groups in total. The van der Waals surface area contributed by atoms with E-state index in [1.165, 1.54) is 10.9 Å². The molecule has 0 aliphatic carbocycles. The van der Waals surface area contributed by atoms with E-state index in [0.29, 0.717) is 11.8 Å². The number of carbonyl (C=O) groups is 1. The molecule has 1 amide bonds. The van der Waals surface area contributed by atoms with Crippen LogP contribution in [0.2, 0.25) is 0 Å². The van der Waals surface area contributed by atoms with Gasteiger partial charge in [0.1, 0.15) is 6.33 Å². The van der Waals surface area contributed by atoms with E-state index in [1.807, 2.05) is 6.26 Å². The maximum atomic E-state index is 11.3. The average Bonchev–Trinajstić information content (AvgIpc) is 2.66. The Morgan fingerprint density at radius 2 is 2.54 bits per heavy atom. The first-order chi connectivity index (χ1) is 6.24. The zero-order chi connectivity index (χ0) is 9.68. The fourth-order valence-corrected chi connectivity index (χ4v) is 1.03. The molecule has 0 radical (unpaired) electrons. The SMILES string of the molecule is CSC(C)CNC(=O)n1ccnc1. The van der Waals surface area contributed by atoms with Crippen molar-refractivity contribution in [1.82, 2.24) is 14.9 Å². The summed E-state index contributed by atoms with van der Waals surface area (Å²) in [5.41, 5.74) is 0. The van der Waals surface area contributed by atoms with E-state index in [1.54, 1.807) is 24.2 Å². The van der Waals surface area contributed by atoms with E-state index >= 15 is 0 Å². The predicted octanol–water partition coefficient (Wildman–Crippen LogP) is 1.19. The number of thioether (sulfide) groups is 1. The lowest BCUT2D eigenvalue weighted by atomic mass is 10.5. The Morgan fingerprint density at radius 1 is 1.77 bits per heavy atom. The Kier molecular flexibility index (Phi) is 3.82.